The van der Waals surface area contributed by atoms with Gasteiger partial charge >= 0.3 is 0 Å². The van der Waals surface area contributed by atoms with E-state index in [-0.39, 0.29) is 5.66 Å². The molecular weight excluding hydrogens is 136 g/mol. The second kappa shape index (κ2) is 1.52. The smallest absolute Gasteiger partial charge is 0.133 e. The van der Waals surface area contributed by atoms with Gasteiger partial charge in [0.25, 0.3) is 0 Å². The number of hydrogen-bond donors (Lipinski definition) is 1. The van der Waals surface area contributed by atoms with Gasteiger partial charge in [-0.05, 0) is 24.4 Å². The molecule has 0 aromatic rings. The topological polar surface area (TPSA) is 15.3 Å². The van der Waals surface area contributed by atoms with Crippen LogP contribution in [0.3, 0.4) is 0 Å². The Morgan fingerprint density at radius 2 is 2.55 bits per heavy atom. The molecular formula is C9H10N2. The minimum atomic E-state index is 0.129. The lowest BCUT2D eigenvalue weighted by Crippen LogP contribution is -2.52. The number of nitrogens with one attached hydrogen (secondary N) is 1. The summed E-state index contributed by atoms with van der Waals surface area (Å²) in [5.74, 6) is 0. The molecule has 3 heterocycles. The molecule has 0 aliphatic carbocycles. The van der Waals surface area contributed by atoms with Gasteiger partial charge in [0.1, 0.15) is 5.66 Å². The largest absolute Gasteiger partial charge is 0.359 e. The maximum atomic E-state index is 3.48. The highest BCUT2D eigenvalue weighted by atomic mass is 15.3. The third-order valence-electron chi connectivity index (χ3n) is 2.63. The predicted octanol–water partition coefficient (Wildman–Crippen LogP) is 0.959. The summed E-state index contributed by atoms with van der Waals surface area (Å²) in [4.78, 5) is 2.33. The zero-order valence-electron chi connectivity index (χ0n) is 6.25. The second-order valence-electron chi connectivity index (χ2n) is 3.28. The Bertz CT molecular complexity index is 288. The zero-order valence-corrected chi connectivity index (χ0v) is 6.25. The van der Waals surface area contributed by atoms with Crippen LogP contribution in [0.2, 0.25) is 0 Å². The summed E-state index contributed by atoms with van der Waals surface area (Å²) >= 11 is 0. The van der Waals surface area contributed by atoms with Gasteiger partial charge in [-0.2, -0.15) is 0 Å². The maximum absolute atomic E-state index is 3.48. The summed E-state index contributed by atoms with van der Waals surface area (Å²) in [6, 6.07) is 0. The van der Waals surface area contributed by atoms with Crippen molar-refractivity contribution in [2.24, 2.45) is 0 Å². The van der Waals surface area contributed by atoms with E-state index in [2.05, 4.69) is 40.7 Å². The van der Waals surface area contributed by atoms with Crippen molar-refractivity contribution in [3.63, 3.8) is 0 Å². The predicted molar refractivity (Wildman–Crippen MR) is 43.6 cm³/mol. The van der Waals surface area contributed by atoms with Crippen molar-refractivity contribution < 1.29 is 0 Å². The van der Waals surface area contributed by atoms with Crippen molar-refractivity contribution in [1.29, 1.82) is 0 Å². The van der Waals surface area contributed by atoms with E-state index in [4.69, 9.17) is 0 Å². The molecule has 11 heavy (non-hydrogen) atoms. The second-order valence-corrected chi connectivity index (χ2v) is 3.28. The van der Waals surface area contributed by atoms with Crippen molar-refractivity contribution in [1.82, 2.24) is 10.2 Å². The summed E-state index contributed by atoms with van der Waals surface area (Å²) in [6.07, 6.45) is 12.1. The van der Waals surface area contributed by atoms with E-state index in [0.717, 1.165) is 13.0 Å². The summed E-state index contributed by atoms with van der Waals surface area (Å²) in [5.41, 5.74) is 1.41. The Kier molecular flexibility index (Phi) is 0.757. The highest BCUT2D eigenvalue weighted by molar-refractivity contribution is 5.37. The first-order chi connectivity index (χ1) is 5.39. The van der Waals surface area contributed by atoms with Crippen molar-refractivity contribution in [2.45, 2.75) is 12.1 Å². The fraction of sp³-hybridized carbons (Fsp3) is 0.333. The van der Waals surface area contributed by atoms with E-state index >= 15 is 0 Å². The third-order valence-corrected chi connectivity index (χ3v) is 2.63. The van der Waals surface area contributed by atoms with Gasteiger partial charge in [-0.25, -0.2) is 0 Å². The SMILES string of the molecule is C1=CN2CC=C3C=CC2(C1)N3. The average Bonchev–Trinajstić information content (AvgIpc) is 2.58. The van der Waals surface area contributed by atoms with Crippen LogP contribution in [0.25, 0.3) is 0 Å². The summed E-state index contributed by atoms with van der Waals surface area (Å²) < 4.78 is 0. The van der Waals surface area contributed by atoms with Crippen LogP contribution in [0.4, 0.5) is 0 Å². The Balaban J connectivity index is 2.13. The van der Waals surface area contributed by atoms with Gasteiger partial charge in [-0.3, -0.25) is 0 Å². The normalized spacial score (nSPS) is 37.1. The summed E-state index contributed by atoms with van der Waals surface area (Å²) in [7, 11) is 0. The van der Waals surface area contributed by atoms with Gasteiger partial charge in [0.2, 0.25) is 0 Å². The first kappa shape index (κ1) is 5.47. The van der Waals surface area contributed by atoms with Crippen molar-refractivity contribution in [3.05, 3.63) is 36.2 Å². The number of fused-ring (bicyclic) bond motifs is 1. The van der Waals surface area contributed by atoms with Crippen molar-refractivity contribution >= 4 is 0 Å². The quantitative estimate of drug-likeness (QED) is 0.547. The monoisotopic (exact) mass is 146 g/mol. The number of hydrogen-bond acceptors (Lipinski definition) is 2. The molecule has 0 saturated carbocycles. The molecule has 0 saturated heterocycles. The Labute approximate surface area is 65.9 Å². The zero-order chi connectivity index (χ0) is 7.31. The number of nitrogens with zero attached hydrogens (tertiary/aromatic N) is 1. The fourth-order valence-electron chi connectivity index (χ4n) is 2.00. The Morgan fingerprint density at radius 1 is 1.55 bits per heavy atom. The van der Waals surface area contributed by atoms with E-state index in [9.17, 15) is 0 Å². The summed E-state index contributed by atoms with van der Waals surface area (Å²) in [5, 5.41) is 3.48. The van der Waals surface area contributed by atoms with E-state index in [1.165, 1.54) is 5.70 Å². The van der Waals surface area contributed by atoms with Gasteiger partial charge in [-0.1, -0.05) is 6.08 Å². The van der Waals surface area contributed by atoms with Gasteiger partial charge < -0.3 is 10.2 Å². The highest BCUT2D eigenvalue weighted by Crippen LogP contribution is 2.34. The molecule has 3 aliphatic heterocycles. The van der Waals surface area contributed by atoms with Gasteiger partial charge in [0, 0.05) is 18.7 Å². The molecule has 56 valence electrons. The Hall–Kier alpha value is -1.18. The molecule has 1 N–H and O–H groups in total. The molecule has 1 spiro atoms. The fourth-order valence-corrected chi connectivity index (χ4v) is 2.00. The molecule has 1 atom stereocenters. The lowest BCUT2D eigenvalue weighted by molar-refractivity contribution is 0.205. The molecule has 3 rings (SSSR count). The van der Waals surface area contributed by atoms with Crippen LogP contribution in [0.15, 0.2) is 36.2 Å². The molecule has 2 nitrogen and oxygen atoms in total. The van der Waals surface area contributed by atoms with Crippen LogP contribution in [-0.4, -0.2) is 17.1 Å². The Morgan fingerprint density at radius 3 is 3.55 bits per heavy atom. The van der Waals surface area contributed by atoms with Crippen LogP contribution < -0.4 is 5.32 Å². The minimum absolute atomic E-state index is 0.129. The van der Waals surface area contributed by atoms with E-state index < -0.39 is 0 Å². The summed E-state index contributed by atoms with van der Waals surface area (Å²) in [6.45, 7) is 1.05. The third kappa shape index (κ3) is 0.530. The first-order valence-electron chi connectivity index (χ1n) is 4.00. The van der Waals surface area contributed by atoms with E-state index in [0.29, 0.717) is 0 Å². The average molecular weight is 146 g/mol. The molecule has 0 fully saturated rings. The van der Waals surface area contributed by atoms with Crippen molar-refractivity contribution in [2.75, 3.05) is 6.54 Å². The highest BCUT2D eigenvalue weighted by Gasteiger charge is 2.39. The minimum Gasteiger partial charge on any atom is -0.359 e. The molecule has 3 aliphatic rings. The molecule has 2 bridgehead atoms. The molecule has 0 aromatic heterocycles. The molecule has 0 amide bonds. The molecule has 0 radical (unpaired) electrons. The van der Waals surface area contributed by atoms with Crippen LogP contribution in [0.5, 0.6) is 0 Å². The first-order valence-corrected chi connectivity index (χ1v) is 4.00. The number of rotatable bonds is 0. The lowest BCUT2D eigenvalue weighted by Gasteiger charge is -2.37. The van der Waals surface area contributed by atoms with Crippen LogP contribution in [0.1, 0.15) is 6.42 Å². The molecule has 1 unspecified atom stereocenters. The number of allylic oxidation sites excluding steroid dienone is 1. The standard InChI is InChI=1S/C9H10N2/c1-4-9-5-2-8(10-9)3-7-11(9)6-1/h1-3,5-6,10H,4,7H2. The van der Waals surface area contributed by atoms with Crippen molar-refractivity contribution in [3.8, 4) is 0 Å². The van der Waals surface area contributed by atoms with E-state index in [1.807, 2.05) is 0 Å². The molecule has 0 aromatic carbocycles. The van der Waals surface area contributed by atoms with E-state index in [1.54, 1.807) is 0 Å². The van der Waals surface area contributed by atoms with Crippen LogP contribution in [0, 0.1) is 0 Å². The maximum Gasteiger partial charge on any atom is 0.133 e. The molecule has 2 heteroatoms. The van der Waals surface area contributed by atoms with Crippen LogP contribution >= 0.6 is 0 Å². The van der Waals surface area contributed by atoms with Gasteiger partial charge in [0.05, 0.1) is 0 Å². The van der Waals surface area contributed by atoms with Gasteiger partial charge in [0.15, 0.2) is 0 Å². The van der Waals surface area contributed by atoms with Gasteiger partial charge in [-0.15, -0.1) is 0 Å². The lowest BCUT2D eigenvalue weighted by atomic mass is 10.1. The van der Waals surface area contributed by atoms with Crippen LogP contribution in [-0.2, 0) is 0 Å².